The third kappa shape index (κ3) is 2.29. The van der Waals surface area contributed by atoms with Crippen molar-refractivity contribution in [2.45, 2.75) is 25.3 Å². The highest BCUT2D eigenvalue weighted by Crippen LogP contribution is 2.24. The fraction of sp³-hybridized carbons (Fsp3) is 0.333. The lowest BCUT2D eigenvalue weighted by molar-refractivity contribution is 0.305. The molecule has 1 aromatic carbocycles. The van der Waals surface area contributed by atoms with Crippen LogP contribution in [0.3, 0.4) is 0 Å². The first kappa shape index (κ1) is 13.5. The highest BCUT2D eigenvalue weighted by molar-refractivity contribution is 5.73. The molecule has 2 aromatic heterocycles. The molecule has 1 atom stereocenters. The van der Waals surface area contributed by atoms with Gasteiger partial charge in [0, 0.05) is 24.3 Å². The predicted octanol–water partition coefficient (Wildman–Crippen LogP) is 3.06. The number of imidazole rings is 1. The number of pyridine rings is 1. The number of para-hydroxylation sites is 1. The largest absolute Gasteiger partial charge is 0.303 e. The monoisotopic (exact) mass is 292 g/mol. The Morgan fingerprint density at radius 1 is 1.14 bits per heavy atom. The summed E-state index contributed by atoms with van der Waals surface area (Å²) in [4.78, 5) is 11.9. The van der Waals surface area contributed by atoms with Gasteiger partial charge in [-0.3, -0.25) is 4.57 Å². The summed E-state index contributed by atoms with van der Waals surface area (Å²) >= 11 is 0. The van der Waals surface area contributed by atoms with Crippen molar-refractivity contribution in [2.75, 3.05) is 13.6 Å². The Bertz CT molecular complexity index is 778. The Kier molecular flexibility index (Phi) is 3.39. The lowest BCUT2D eigenvalue weighted by atomic mass is 10.1. The molecule has 0 bridgehead atoms. The summed E-state index contributed by atoms with van der Waals surface area (Å²) < 4.78 is 2.21. The van der Waals surface area contributed by atoms with Crippen LogP contribution in [0.15, 0.2) is 48.7 Å². The number of benzene rings is 1. The summed E-state index contributed by atoms with van der Waals surface area (Å²) in [6, 6.07) is 15.0. The van der Waals surface area contributed by atoms with E-state index in [-0.39, 0.29) is 0 Å². The molecule has 0 spiro atoms. The molecule has 112 valence electrons. The number of rotatable bonds is 3. The zero-order chi connectivity index (χ0) is 14.9. The SMILES string of the molecule is CN1CCCC1Cc1nc2cccnc2n1-c1ccccc1. The number of hydrogen-bond acceptors (Lipinski definition) is 3. The number of nitrogens with zero attached hydrogens (tertiary/aromatic N) is 4. The van der Waals surface area contributed by atoms with E-state index in [1.807, 2.05) is 24.4 Å². The van der Waals surface area contributed by atoms with Gasteiger partial charge in [-0.05, 0) is 50.7 Å². The predicted molar refractivity (Wildman–Crippen MR) is 88.2 cm³/mol. The van der Waals surface area contributed by atoms with Crippen LogP contribution >= 0.6 is 0 Å². The maximum atomic E-state index is 4.86. The van der Waals surface area contributed by atoms with E-state index < -0.39 is 0 Å². The molecule has 0 aliphatic carbocycles. The molecule has 4 heteroatoms. The van der Waals surface area contributed by atoms with Crippen LogP contribution in [0.4, 0.5) is 0 Å². The van der Waals surface area contributed by atoms with Gasteiger partial charge in [-0.15, -0.1) is 0 Å². The van der Waals surface area contributed by atoms with Crippen LogP contribution in [0.5, 0.6) is 0 Å². The highest BCUT2D eigenvalue weighted by Gasteiger charge is 2.24. The van der Waals surface area contributed by atoms with Gasteiger partial charge in [0.15, 0.2) is 5.65 Å². The Balaban J connectivity index is 1.83. The minimum atomic E-state index is 0.583. The molecule has 0 saturated carbocycles. The normalized spacial score (nSPS) is 19.0. The van der Waals surface area contributed by atoms with Gasteiger partial charge in [0.1, 0.15) is 11.3 Å². The van der Waals surface area contributed by atoms with Crippen molar-refractivity contribution in [1.29, 1.82) is 0 Å². The number of hydrogen-bond donors (Lipinski definition) is 0. The maximum absolute atomic E-state index is 4.86. The topological polar surface area (TPSA) is 34.0 Å². The number of fused-ring (bicyclic) bond motifs is 1. The van der Waals surface area contributed by atoms with Crippen LogP contribution in [0.1, 0.15) is 18.7 Å². The fourth-order valence-electron chi connectivity index (χ4n) is 3.39. The lowest BCUT2D eigenvalue weighted by Crippen LogP contribution is -2.28. The molecule has 3 aromatic rings. The Morgan fingerprint density at radius 2 is 2.00 bits per heavy atom. The summed E-state index contributed by atoms with van der Waals surface area (Å²) in [6.45, 7) is 1.19. The van der Waals surface area contributed by atoms with Crippen molar-refractivity contribution in [3.05, 3.63) is 54.5 Å². The second-order valence-corrected chi connectivity index (χ2v) is 6.03. The third-order valence-electron chi connectivity index (χ3n) is 4.59. The minimum Gasteiger partial charge on any atom is -0.303 e. The van der Waals surface area contributed by atoms with Gasteiger partial charge in [0.05, 0.1) is 0 Å². The van der Waals surface area contributed by atoms with Crippen molar-refractivity contribution in [3.63, 3.8) is 0 Å². The molecule has 0 amide bonds. The molecule has 4 rings (SSSR count). The highest BCUT2D eigenvalue weighted by atomic mass is 15.2. The van der Waals surface area contributed by atoms with Crippen molar-refractivity contribution >= 4 is 11.2 Å². The second-order valence-electron chi connectivity index (χ2n) is 6.03. The summed E-state index contributed by atoms with van der Waals surface area (Å²) in [5.41, 5.74) is 3.06. The first-order chi connectivity index (χ1) is 10.8. The Labute approximate surface area is 130 Å². The molecule has 1 saturated heterocycles. The van der Waals surface area contributed by atoms with Gasteiger partial charge < -0.3 is 4.90 Å². The van der Waals surface area contributed by atoms with Crippen LogP contribution in [0.2, 0.25) is 0 Å². The average molecular weight is 292 g/mol. The summed E-state index contributed by atoms with van der Waals surface area (Å²) in [7, 11) is 2.21. The molecule has 1 aliphatic heterocycles. The van der Waals surface area contributed by atoms with Crippen LogP contribution < -0.4 is 0 Å². The number of likely N-dealkylation sites (N-methyl/N-ethyl adjacent to an activating group) is 1. The first-order valence-electron chi connectivity index (χ1n) is 7.91. The van der Waals surface area contributed by atoms with Gasteiger partial charge in [-0.25, -0.2) is 9.97 Å². The number of likely N-dealkylation sites (tertiary alicyclic amines) is 1. The van der Waals surface area contributed by atoms with Gasteiger partial charge in [-0.2, -0.15) is 0 Å². The van der Waals surface area contributed by atoms with Crippen LogP contribution in [0, 0.1) is 0 Å². The summed E-state index contributed by atoms with van der Waals surface area (Å²) in [6.07, 6.45) is 5.35. The van der Waals surface area contributed by atoms with Crippen LogP contribution in [-0.4, -0.2) is 39.1 Å². The molecular weight excluding hydrogens is 272 g/mol. The van der Waals surface area contributed by atoms with E-state index >= 15 is 0 Å². The zero-order valence-corrected chi connectivity index (χ0v) is 12.8. The fourth-order valence-corrected chi connectivity index (χ4v) is 3.39. The zero-order valence-electron chi connectivity index (χ0n) is 12.8. The van der Waals surface area contributed by atoms with Crippen LogP contribution in [-0.2, 0) is 6.42 Å². The molecule has 0 radical (unpaired) electrons. The lowest BCUT2D eigenvalue weighted by Gasteiger charge is -2.19. The molecule has 1 fully saturated rings. The van der Waals surface area contributed by atoms with Crippen molar-refractivity contribution < 1.29 is 0 Å². The van der Waals surface area contributed by atoms with Gasteiger partial charge in [-0.1, -0.05) is 18.2 Å². The molecule has 0 N–H and O–H groups in total. The summed E-state index contributed by atoms with van der Waals surface area (Å²) in [5, 5.41) is 0. The molecule has 3 heterocycles. The number of aromatic nitrogens is 3. The van der Waals surface area contributed by atoms with Crippen molar-refractivity contribution in [3.8, 4) is 5.69 Å². The van der Waals surface area contributed by atoms with E-state index in [9.17, 15) is 0 Å². The maximum Gasteiger partial charge on any atom is 0.164 e. The van der Waals surface area contributed by atoms with E-state index in [1.54, 1.807) is 0 Å². The molecular formula is C18H20N4. The van der Waals surface area contributed by atoms with Crippen molar-refractivity contribution in [1.82, 2.24) is 19.4 Å². The molecule has 1 unspecified atom stereocenters. The Hall–Kier alpha value is -2.20. The second kappa shape index (κ2) is 5.54. The molecule has 1 aliphatic rings. The average Bonchev–Trinajstić information content (AvgIpc) is 3.12. The van der Waals surface area contributed by atoms with E-state index in [0.29, 0.717) is 6.04 Å². The van der Waals surface area contributed by atoms with E-state index in [2.05, 4.69) is 45.8 Å². The quantitative estimate of drug-likeness (QED) is 0.744. The van der Waals surface area contributed by atoms with Gasteiger partial charge in [0.25, 0.3) is 0 Å². The van der Waals surface area contributed by atoms with Crippen LogP contribution in [0.25, 0.3) is 16.9 Å². The van der Waals surface area contributed by atoms with E-state index in [4.69, 9.17) is 4.98 Å². The molecule has 22 heavy (non-hydrogen) atoms. The van der Waals surface area contributed by atoms with Gasteiger partial charge >= 0.3 is 0 Å². The van der Waals surface area contributed by atoms with Crippen molar-refractivity contribution in [2.24, 2.45) is 0 Å². The minimum absolute atomic E-state index is 0.583. The van der Waals surface area contributed by atoms with Gasteiger partial charge in [0.2, 0.25) is 0 Å². The smallest absolute Gasteiger partial charge is 0.164 e. The summed E-state index contributed by atoms with van der Waals surface area (Å²) in [5.74, 6) is 1.11. The standard InChI is InChI=1S/C18H20N4/c1-21-12-6-9-15(21)13-17-20-16-10-5-11-19-18(16)22(17)14-7-3-2-4-8-14/h2-5,7-8,10-11,15H,6,9,12-13H2,1H3. The van der Waals surface area contributed by atoms with E-state index in [1.165, 1.54) is 19.4 Å². The molecule has 4 nitrogen and oxygen atoms in total. The Morgan fingerprint density at radius 3 is 2.77 bits per heavy atom. The van der Waals surface area contributed by atoms with E-state index in [0.717, 1.165) is 29.1 Å². The third-order valence-corrected chi connectivity index (χ3v) is 4.59. The first-order valence-corrected chi connectivity index (χ1v) is 7.91.